The van der Waals surface area contributed by atoms with Gasteiger partial charge in [-0.15, -0.1) is 5.92 Å². The summed E-state index contributed by atoms with van der Waals surface area (Å²) in [6.07, 6.45) is 0. The number of aromatic nitrogens is 2. The minimum atomic E-state index is -0.0996. The van der Waals surface area contributed by atoms with Crippen molar-refractivity contribution >= 4 is 10.8 Å². The molecule has 0 unspecified atom stereocenters. The smallest absolute Gasteiger partial charge is 0.267 e. The first-order valence-electron chi connectivity index (χ1n) is 7.59. The molecule has 0 atom stereocenters. The molecule has 23 heavy (non-hydrogen) atoms. The van der Waals surface area contributed by atoms with Crippen LogP contribution in [0.4, 0.5) is 0 Å². The Morgan fingerprint density at radius 1 is 1.09 bits per heavy atom. The van der Waals surface area contributed by atoms with Crippen molar-refractivity contribution in [1.29, 1.82) is 0 Å². The van der Waals surface area contributed by atoms with Crippen molar-refractivity contribution < 1.29 is 0 Å². The standard InChI is InChI=1S/C20H18N2O/c1-4-5-12-22-20(23)17-9-7-6-8-16(17)19(21-22)18-13-14(2)10-11-15(18)3/h6-11,13H,12H2,1-3H3. The molecule has 0 saturated carbocycles. The molecule has 0 bridgehead atoms. The summed E-state index contributed by atoms with van der Waals surface area (Å²) < 4.78 is 1.45. The molecule has 3 rings (SSSR count). The number of hydrogen-bond donors (Lipinski definition) is 0. The van der Waals surface area contributed by atoms with Gasteiger partial charge in [-0.2, -0.15) is 5.10 Å². The summed E-state index contributed by atoms with van der Waals surface area (Å²) in [7, 11) is 0. The van der Waals surface area contributed by atoms with Crippen molar-refractivity contribution in [2.45, 2.75) is 27.3 Å². The summed E-state index contributed by atoms with van der Waals surface area (Å²) in [4.78, 5) is 12.6. The van der Waals surface area contributed by atoms with Crippen molar-refractivity contribution in [3.05, 3.63) is 63.9 Å². The average Bonchev–Trinajstić information content (AvgIpc) is 2.57. The molecule has 3 nitrogen and oxygen atoms in total. The molecule has 2 aromatic carbocycles. The zero-order chi connectivity index (χ0) is 16.4. The number of rotatable bonds is 2. The Morgan fingerprint density at radius 3 is 2.57 bits per heavy atom. The molecule has 0 aliphatic heterocycles. The van der Waals surface area contributed by atoms with Crippen LogP contribution >= 0.6 is 0 Å². The van der Waals surface area contributed by atoms with Crippen LogP contribution in [0.15, 0.2) is 47.3 Å². The lowest BCUT2D eigenvalue weighted by Crippen LogP contribution is -2.23. The number of nitrogens with zero attached hydrogens (tertiary/aromatic N) is 2. The van der Waals surface area contributed by atoms with Gasteiger partial charge in [0, 0.05) is 10.9 Å². The van der Waals surface area contributed by atoms with E-state index in [1.165, 1.54) is 10.2 Å². The topological polar surface area (TPSA) is 34.9 Å². The van der Waals surface area contributed by atoms with Gasteiger partial charge in [-0.1, -0.05) is 41.8 Å². The van der Waals surface area contributed by atoms with Crippen molar-refractivity contribution in [2.24, 2.45) is 0 Å². The average molecular weight is 302 g/mol. The number of aryl methyl sites for hydroxylation is 2. The van der Waals surface area contributed by atoms with Crippen LogP contribution in [0.2, 0.25) is 0 Å². The highest BCUT2D eigenvalue weighted by atomic mass is 16.1. The molecule has 0 fully saturated rings. The molecular weight excluding hydrogens is 284 g/mol. The van der Waals surface area contributed by atoms with E-state index >= 15 is 0 Å². The molecule has 0 radical (unpaired) electrons. The maximum Gasteiger partial charge on any atom is 0.275 e. The second-order valence-corrected chi connectivity index (χ2v) is 5.60. The van der Waals surface area contributed by atoms with E-state index in [9.17, 15) is 4.79 Å². The van der Waals surface area contributed by atoms with Gasteiger partial charge < -0.3 is 0 Å². The Morgan fingerprint density at radius 2 is 1.83 bits per heavy atom. The molecule has 1 heterocycles. The Balaban J connectivity index is 2.39. The van der Waals surface area contributed by atoms with E-state index in [1.54, 1.807) is 6.92 Å². The first kappa shape index (κ1) is 15.1. The first-order valence-corrected chi connectivity index (χ1v) is 7.59. The second kappa shape index (κ2) is 6.10. The van der Waals surface area contributed by atoms with E-state index in [0.29, 0.717) is 11.9 Å². The highest BCUT2D eigenvalue weighted by molar-refractivity contribution is 5.94. The van der Waals surface area contributed by atoms with Gasteiger partial charge in [0.2, 0.25) is 0 Å². The summed E-state index contributed by atoms with van der Waals surface area (Å²) >= 11 is 0. The monoisotopic (exact) mass is 302 g/mol. The highest BCUT2D eigenvalue weighted by Crippen LogP contribution is 2.28. The Hall–Kier alpha value is -2.86. The molecule has 1 aromatic heterocycles. The summed E-state index contributed by atoms with van der Waals surface area (Å²) in [6.45, 7) is 6.19. The quantitative estimate of drug-likeness (QED) is 0.676. The van der Waals surface area contributed by atoms with Gasteiger partial charge in [-0.25, -0.2) is 4.68 Å². The summed E-state index contributed by atoms with van der Waals surface area (Å²) in [6, 6.07) is 13.9. The minimum Gasteiger partial charge on any atom is -0.267 e. The Bertz CT molecular complexity index is 1000. The normalized spacial score (nSPS) is 10.4. The molecule has 0 aliphatic carbocycles. The van der Waals surface area contributed by atoms with Gasteiger partial charge in [-0.3, -0.25) is 4.79 Å². The lowest BCUT2D eigenvalue weighted by atomic mass is 9.99. The fraction of sp³-hybridized carbons (Fsp3) is 0.200. The minimum absolute atomic E-state index is 0.0996. The van der Waals surface area contributed by atoms with Gasteiger partial charge in [-0.05, 0) is 38.5 Å². The van der Waals surface area contributed by atoms with Crippen LogP contribution in [0.25, 0.3) is 22.0 Å². The van der Waals surface area contributed by atoms with Crippen LogP contribution in [0.5, 0.6) is 0 Å². The van der Waals surface area contributed by atoms with E-state index in [2.05, 4.69) is 49.0 Å². The van der Waals surface area contributed by atoms with Crippen LogP contribution in [0.3, 0.4) is 0 Å². The number of hydrogen-bond acceptors (Lipinski definition) is 2. The number of fused-ring (bicyclic) bond motifs is 1. The van der Waals surface area contributed by atoms with E-state index in [0.717, 1.165) is 22.2 Å². The van der Waals surface area contributed by atoms with Crippen molar-refractivity contribution in [3.63, 3.8) is 0 Å². The van der Waals surface area contributed by atoms with E-state index < -0.39 is 0 Å². The third-order valence-corrected chi connectivity index (χ3v) is 3.92. The zero-order valence-corrected chi connectivity index (χ0v) is 13.6. The van der Waals surface area contributed by atoms with E-state index in [4.69, 9.17) is 0 Å². The van der Waals surface area contributed by atoms with Crippen LogP contribution < -0.4 is 5.56 Å². The summed E-state index contributed by atoms with van der Waals surface area (Å²) in [5.41, 5.74) is 4.10. The van der Waals surface area contributed by atoms with Gasteiger partial charge in [0.05, 0.1) is 11.1 Å². The van der Waals surface area contributed by atoms with Crippen LogP contribution in [-0.2, 0) is 6.54 Å². The molecule has 0 N–H and O–H groups in total. The molecule has 0 spiro atoms. The molecular formula is C20H18N2O. The van der Waals surface area contributed by atoms with Crippen LogP contribution in [-0.4, -0.2) is 9.78 Å². The second-order valence-electron chi connectivity index (χ2n) is 5.60. The van der Waals surface area contributed by atoms with Crippen molar-refractivity contribution in [3.8, 4) is 23.1 Å². The summed E-state index contributed by atoms with van der Waals surface area (Å²) in [5.74, 6) is 5.75. The SMILES string of the molecule is CC#CCn1nc(-c2cc(C)ccc2C)c2ccccc2c1=O. The fourth-order valence-electron chi connectivity index (χ4n) is 2.69. The third-order valence-electron chi connectivity index (χ3n) is 3.92. The maximum absolute atomic E-state index is 12.6. The van der Waals surface area contributed by atoms with E-state index in [-0.39, 0.29) is 5.56 Å². The first-order chi connectivity index (χ1) is 11.1. The largest absolute Gasteiger partial charge is 0.275 e. The lowest BCUT2D eigenvalue weighted by molar-refractivity contribution is 0.675. The fourth-order valence-corrected chi connectivity index (χ4v) is 2.69. The van der Waals surface area contributed by atoms with Crippen molar-refractivity contribution in [2.75, 3.05) is 0 Å². The molecule has 3 heteroatoms. The predicted molar refractivity (Wildman–Crippen MR) is 94.4 cm³/mol. The summed E-state index contributed by atoms with van der Waals surface area (Å²) in [5, 5.41) is 6.17. The predicted octanol–water partition coefficient (Wildman–Crippen LogP) is 3.70. The molecule has 0 saturated heterocycles. The molecule has 3 aromatic rings. The van der Waals surface area contributed by atoms with Crippen molar-refractivity contribution in [1.82, 2.24) is 9.78 Å². The third kappa shape index (κ3) is 2.76. The van der Waals surface area contributed by atoms with Crippen LogP contribution in [0, 0.1) is 25.7 Å². The molecule has 0 aliphatic rings. The van der Waals surface area contributed by atoms with Gasteiger partial charge in [0.1, 0.15) is 6.54 Å². The lowest BCUT2D eigenvalue weighted by Gasteiger charge is -2.12. The molecule has 114 valence electrons. The van der Waals surface area contributed by atoms with E-state index in [1.807, 2.05) is 24.3 Å². The van der Waals surface area contributed by atoms with Gasteiger partial charge in [0.25, 0.3) is 5.56 Å². The van der Waals surface area contributed by atoms with Gasteiger partial charge >= 0.3 is 0 Å². The highest BCUT2D eigenvalue weighted by Gasteiger charge is 2.13. The zero-order valence-electron chi connectivity index (χ0n) is 13.6. The van der Waals surface area contributed by atoms with Crippen LogP contribution in [0.1, 0.15) is 18.1 Å². The Kier molecular flexibility index (Phi) is 3.99. The molecule has 0 amide bonds. The number of benzene rings is 2. The van der Waals surface area contributed by atoms with Gasteiger partial charge in [0.15, 0.2) is 0 Å². The Labute approximate surface area is 135 Å². The maximum atomic E-state index is 12.6.